The molecular formula is C29H33N3O9S. The predicted molar refractivity (Wildman–Crippen MR) is 152 cm³/mol. The average Bonchev–Trinajstić information content (AvgIpc) is 3.37. The summed E-state index contributed by atoms with van der Waals surface area (Å²) in [4.78, 5) is 78.1. The molecule has 3 heterocycles. The number of thiophene rings is 1. The van der Waals surface area contributed by atoms with Crippen molar-refractivity contribution < 1.29 is 43.0 Å². The highest BCUT2D eigenvalue weighted by atomic mass is 32.1. The minimum absolute atomic E-state index is 0.0129. The molecule has 2 aliphatic rings. The Morgan fingerprint density at radius 3 is 2.29 bits per heavy atom. The Kier molecular flexibility index (Phi) is 8.29. The smallest absolute Gasteiger partial charge is 0.397 e. The van der Waals surface area contributed by atoms with Crippen LogP contribution in [-0.2, 0) is 53.0 Å². The first-order chi connectivity index (χ1) is 19.4. The first-order valence-electron chi connectivity index (χ1n) is 13.2. The molecule has 4 amide bonds. The SMILES string of the molecule is CC(=O)Nc1ccc2c(c1)C(=O)N(C(=O)C1Cc3c(sc(NC(=O)C(=O)OC(C)(C)C)c3C(=O)OC(C)(C)C)CO1)C2. The molecular weight excluding hydrogens is 566 g/mol. The largest absolute Gasteiger partial charge is 0.456 e. The fourth-order valence-electron chi connectivity index (χ4n) is 4.47. The van der Waals surface area contributed by atoms with Crippen LogP contribution in [0.3, 0.4) is 0 Å². The number of hydrogen-bond acceptors (Lipinski definition) is 10. The maximum Gasteiger partial charge on any atom is 0.397 e. The van der Waals surface area contributed by atoms with E-state index in [2.05, 4.69) is 10.6 Å². The molecule has 1 atom stereocenters. The third kappa shape index (κ3) is 6.85. The van der Waals surface area contributed by atoms with Crippen molar-refractivity contribution in [1.82, 2.24) is 4.90 Å². The second-order valence-electron chi connectivity index (χ2n) is 12.0. The molecule has 2 N–H and O–H groups in total. The number of fused-ring (bicyclic) bond motifs is 2. The van der Waals surface area contributed by atoms with E-state index in [1.807, 2.05) is 0 Å². The highest BCUT2D eigenvalue weighted by molar-refractivity contribution is 7.17. The molecule has 0 saturated heterocycles. The molecule has 0 aliphatic carbocycles. The predicted octanol–water partition coefficient (Wildman–Crippen LogP) is 3.57. The van der Waals surface area contributed by atoms with Crippen LogP contribution in [0.5, 0.6) is 0 Å². The number of benzene rings is 1. The lowest BCUT2D eigenvalue weighted by Gasteiger charge is -2.26. The van der Waals surface area contributed by atoms with Crippen molar-refractivity contribution in [2.45, 2.75) is 85.3 Å². The second-order valence-corrected chi connectivity index (χ2v) is 13.1. The number of rotatable bonds is 4. The Balaban J connectivity index is 1.59. The van der Waals surface area contributed by atoms with Crippen LogP contribution in [0.15, 0.2) is 18.2 Å². The minimum Gasteiger partial charge on any atom is -0.456 e. The van der Waals surface area contributed by atoms with E-state index in [9.17, 15) is 28.8 Å². The van der Waals surface area contributed by atoms with E-state index in [1.54, 1.807) is 53.7 Å². The average molecular weight is 600 g/mol. The van der Waals surface area contributed by atoms with Crippen LogP contribution >= 0.6 is 11.3 Å². The number of carbonyl (C=O) groups excluding carboxylic acids is 6. The summed E-state index contributed by atoms with van der Waals surface area (Å²) in [7, 11) is 0. The minimum atomic E-state index is -1.12. The molecule has 1 aromatic heterocycles. The third-order valence-electron chi connectivity index (χ3n) is 6.09. The maximum atomic E-state index is 13.5. The molecule has 0 radical (unpaired) electrons. The van der Waals surface area contributed by atoms with Crippen molar-refractivity contribution in [2.24, 2.45) is 0 Å². The van der Waals surface area contributed by atoms with Crippen LogP contribution in [0.4, 0.5) is 10.7 Å². The summed E-state index contributed by atoms with van der Waals surface area (Å²) in [5.74, 6) is -4.35. The number of hydrogen-bond donors (Lipinski definition) is 2. The highest BCUT2D eigenvalue weighted by Crippen LogP contribution is 2.40. The molecule has 2 aromatic rings. The topological polar surface area (TPSA) is 157 Å². The van der Waals surface area contributed by atoms with Gasteiger partial charge in [-0.05, 0) is 64.8 Å². The van der Waals surface area contributed by atoms with Gasteiger partial charge >= 0.3 is 17.8 Å². The lowest BCUT2D eigenvalue weighted by Crippen LogP contribution is -2.43. The number of amides is 4. The van der Waals surface area contributed by atoms with Gasteiger partial charge in [0.25, 0.3) is 11.8 Å². The van der Waals surface area contributed by atoms with Crippen LogP contribution < -0.4 is 10.6 Å². The molecule has 2 aliphatic heterocycles. The van der Waals surface area contributed by atoms with Gasteiger partial charge in [0.2, 0.25) is 5.91 Å². The molecule has 0 fully saturated rings. The Hall–Kier alpha value is -4.10. The molecule has 224 valence electrons. The van der Waals surface area contributed by atoms with Gasteiger partial charge in [-0.15, -0.1) is 11.3 Å². The summed E-state index contributed by atoms with van der Waals surface area (Å²) in [6, 6.07) is 4.84. The van der Waals surface area contributed by atoms with E-state index >= 15 is 0 Å². The summed E-state index contributed by atoms with van der Waals surface area (Å²) in [6.45, 7) is 11.2. The van der Waals surface area contributed by atoms with E-state index < -0.39 is 47.0 Å². The van der Waals surface area contributed by atoms with Crippen LogP contribution in [0.25, 0.3) is 0 Å². The monoisotopic (exact) mass is 599 g/mol. The Bertz CT molecular complexity index is 1500. The molecule has 12 nitrogen and oxygen atoms in total. The van der Waals surface area contributed by atoms with E-state index in [4.69, 9.17) is 14.2 Å². The van der Waals surface area contributed by atoms with Gasteiger partial charge in [0, 0.05) is 29.5 Å². The Morgan fingerprint density at radius 2 is 1.67 bits per heavy atom. The first kappa shape index (κ1) is 30.8. The molecule has 4 rings (SSSR count). The van der Waals surface area contributed by atoms with E-state index in [-0.39, 0.29) is 36.0 Å². The summed E-state index contributed by atoms with van der Waals surface area (Å²) >= 11 is 1.03. The van der Waals surface area contributed by atoms with Gasteiger partial charge in [-0.3, -0.25) is 24.1 Å². The molecule has 1 aromatic carbocycles. The van der Waals surface area contributed by atoms with Crippen molar-refractivity contribution in [1.29, 1.82) is 0 Å². The van der Waals surface area contributed by atoms with Gasteiger partial charge < -0.3 is 24.8 Å². The first-order valence-corrected chi connectivity index (χ1v) is 14.0. The van der Waals surface area contributed by atoms with E-state index in [1.165, 1.54) is 13.0 Å². The zero-order chi connectivity index (χ0) is 31.1. The Morgan fingerprint density at radius 1 is 1.00 bits per heavy atom. The van der Waals surface area contributed by atoms with Crippen molar-refractivity contribution in [3.05, 3.63) is 45.3 Å². The van der Waals surface area contributed by atoms with E-state index in [0.717, 1.165) is 16.2 Å². The van der Waals surface area contributed by atoms with Gasteiger partial charge in [-0.2, -0.15) is 0 Å². The Labute approximate surface area is 246 Å². The summed E-state index contributed by atoms with van der Waals surface area (Å²) in [5, 5.41) is 5.15. The van der Waals surface area contributed by atoms with E-state index in [0.29, 0.717) is 27.3 Å². The van der Waals surface area contributed by atoms with Crippen molar-refractivity contribution in [2.75, 3.05) is 10.6 Å². The normalized spacial score (nSPS) is 16.3. The summed E-state index contributed by atoms with van der Waals surface area (Å²) in [6.07, 6.45) is -1.17. The molecule has 42 heavy (non-hydrogen) atoms. The summed E-state index contributed by atoms with van der Waals surface area (Å²) < 4.78 is 16.5. The van der Waals surface area contributed by atoms with Crippen LogP contribution in [0.1, 0.15) is 85.2 Å². The molecule has 0 saturated carbocycles. The van der Waals surface area contributed by atoms with Crippen molar-refractivity contribution in [3.63, 3.8) is 0 Å². The molecule has 13 heteroatoms. The fraction of sp³-hybridized carbons (Fsp3) is 0.448. The fourth-order valence-corrected chi connectivity index (χ4v) is 5.60. The lowest BCUT2D eigenvalue weighted by molar-refractivity contribution is -0.161. The quantitative estimate of drug-likeness (QED) is 0.305. The number of esters is 2. The van der Waals surface area contributed by atoms with Gasteiger partial charge in [-0.1, -0.05) is 6.07 Å². The zero-order valence-corrected chi connectivity index (χ0v) is 25.3. The van der Waals surface area contributed by atoms with Gasteiger partial charge in [0.15, 0.2) is 0 Å². The number of imide groups is 1. The number of nitrogens with zero attached hydrogens (tertiary/aromatic N) is 1. The van der Waals surface area contributed by atoms with Gasteiger partial charge in [0.05, 0.1) is 18.7 Å². The van der Waals surface area contributed by atoms with Crippen LogP contribution in [0.2, 0.25) is 0 Å². The number of nitrogens with one attached hydrogen (secondary N) is 2. The number of anilines is 2. The highest BCUT2D eigenvalue weighted by Gasteiger charge is 2.41. The summed E-state index contributed by atoms with van der Waals surface area (Å²) in [5.41, 5.74) is 0.0107. The van der Waals surface area contributed by atoms with Crippen LogP contribution in [0, 0.1) is 0 Å². The van der Waals surface area contributed by atoms with Crippen molar-refractivity contribution >= 4 is 57.6 Å². The van der Waals surface area contributed by atoms with Gasteiger partial charge in [0.1, 0.15) is 22.3 Å². The standard InChI is InChI=1S/C29H33N3O9S/c1-14(33)30-16-9-8-15-12-32(24(35)17(15)10-16)25(36)19-11-18-20(13-39-19)42-23(21(18)26(37)40-28(2,3)4)31-22(34)27(38)41-29(5,6)7/h8-10,19H,11-13H2,1-7H3,(H,30,33)(H,31,34). The van der Waals surface area contributed by atoms with Crippen molar-refractivity contribution in [3.8, 4) is 0 Å². The lowest BCUT2D eigenvalue weighted by atomic mass is 9.99. The number of carbonyl (C=O) groups is 6. The zero-order valence-electron chi connectivity index (χ0n) is 24.5. The second kappa shape index (κ2) is 11.3. The third-order valence-corrected chi connectivity index (χ3v) is 7.21. The maximum absolute atomic E-state index is 13.5. The number of ether oxygens (including phenoxy) is 3. The molecule has 0 bridgehead atoms. The molecule has 0 spiro atoms. The molecule has 1 unspecified atom stereocenters. The van der Waals surface area contributed by atoms with Gasteiger partial charge in [-0.25, -0.2) is 9.59 Å². The van der Waals surface area contributed by atoms with Crippen LogP contribution in [-0.4, -0.2) is 57.8 Å².